The molecule has 3 N–H and O–H groups in total. The van der Waals surface area contributed by atoms with Crippen LogP contribution in [0.4, 0.5) is 0 Å². The average Bonchev–Trinajstić information content (AvgIpc) is 2.62. The molecule has 0 aliphatic carbocycles. The summed E-state index contributed by atoms with van der Waals surface area (Å²) in [6.45, 7) is 7.32. The minimum atomic E-state index is -1.00. The number of carbonyl (C=O) groups excluding carboxylic acids is 1. The van der Waals surface area contributed by atoms with Gasteiger partial charge in [-0.2, -0.15) is 5.10 Å². The Balaban J connectivity index is 2.54. The van der Waals surface area contributed by atoms with Crippen molar-refractivity contribution in [3.05, 3.63) is 17.0 Å². The molecule has 6 heteroatoms. The molecule has 0 saturated carbocycles. The average molecular weight is 267 g/mol. The second kappa shape index (κ2) is 6.36. The van der Waals surface area contributed by atoms with E-state index in [2.05, 4.69) is 15.5 Å². The van der Waals surface area contributed by atoms with Crippen LogP contribution in [-0.2, 0) is 16.0 Å². The molecule has 1 heterocycles. The summed E-state index contributed by atoms with van der Waals surface area (Å²) in [5, 5.41) is 18.5. The molecular formula is C13H21N3O3. The van der Waals surface area contributed by atoms with E-state index in [-0.39, 0.29) is 18.2 Å². The molecule has 0 radical (unpaired) electrons. The highest BCUT2D eigenvalue weighted by molar-refractivity contribution is 5.83. The number of aromatic nitrogens is 2. The van der Waals surface area contributed by atoms with Crippen molar-refractivity contribution >= 4 is 11.9 Å². The van der Waals surface area contributed by atoms with Gasteiger partial charge in [0.2, 0.25) is 5.91 Å². The first-order valence-corrected chi connectivity index (χ1v) is 6.35. The fourth-order valence-electron chi connectivity index (χ4n) is 1.94. The van der Waals surface area contributed by atoms with Gasteiger partial charge in [0, 0.05) is 12.1 Å². The van der Waals surface area contributed by atoms with Crippen LogP contribution >= 0.6 is 0 Å². The highest BCUT2D eigenvalue weighted by Gasteiger charge is 2.23. The summed E-state index contributed by atoms with van der Waals surface area (Å²) in [5.41, 5.74) is 2.85. The Morgan fingerprint density at radius 3 is 2.42 bits per heavy atom. The first kappa shape index (κ1) is 15.2. The number of nitrogens with zero attached hydrogens (tertiary/aromatic N) is 1. The first-order valence-electron chi connectivity index (χ1n) is 6.35. The molecule has 106 valence electrons. The van der Waals surface area contributed by atoms with Crippen LogP contribution in [0.1, 0.15) is 37.2 Å². The molecule has 19 heavy (non-hydrogen) atoms. The maximum atomic E-state index is 11.8. The molecule has 1 rings (SSSR count). The SMILES string of the molecule is Cc1n[nH]c(C)c1CCC(=O)N[C@H](C(=O)O)C(C)C. The van der Waals surface area contributed by atoms with Gasteiger partial charge in [0.25, 0.3) is 0 Å². The van der Waals surface area contributed by atoms with Crippen molar-refractivity contribution in [3.8, 4) is 0 Å². The lowest BCUT2D eigenvalue weighted by molar-refractivity contribution is -0.143. The molecular weight excluding hydrogens is 246 g/mol. The molecule has 0 unspecified atom stereocenters. The van der Waals surface area contributed by atoms with Crippen LogP contribution in [0.5, 0.6) is 0 Å². The summed E-state index contributed by atoms with van der Waals surface area (Å²) >= 11 is 0. The lowest BCUT2D eigenvalue weighted by Crippen LogP contribution is -2.44. The zero-order valence-electron chi connectivity index (χ0n) is 11.8. The normalized spacial score (nSPS) is 12.5. The molecule has 0 saturated heterocycles. The van der Waals surface area contributed by atoms with Crippen molar-refractivity contribution in [1.29, 1.82) is 0 Å². The number of nitrogens with one attached hydrogen (secondary N) is 2. The van der Waals surface area contributed by atoms with Crippen LogP contribution in [0.25, 0.3) is 0 Å². The van der Waals surface area contributed by atoms with Crippen molar-refractivity contribution in [2.75, 3.05) is 0 Å². The number of carbonyl (C=O) groups is 2. The second-order valence-corrected chi connectivity index (χ2v) is 5.04. The predicted octanol–water partition coefficient (Wildman–Crippen LogP) is 1.18. The van der Waals surface area contributed by atoms with Gasteiger partial charge in [-0.05, 0) is 31.7 Å². The number of hydrogen-bond acceptors (Lipinski definition) is 3. The Morgan fingerprint density at radius 2 is 2.00 bits per heavy atom. The van der Waals surface area contributed by atoms with E-state index >= 15 is 0 Å². The minimum absolute atomic E-state index is 0.140. The quantitative estimate of drug-likeness (QED) is 0.721. The Hall–Kier alpha value is -1.85. The molecule has 1 atom stereocenters. The minimum Gasteiger partial charge on any atom is -0.480 e. The summed E-state index contributed by atoms with van der Waals surface area (Å²) in [7, 11) is 0. The van der Waals surface area contributed by atoms with Gasteiger partial charge in [-0.25, -0.2) is 4.79 Å². The number of aromatic amines is 1. The van der Waals surface area contributed by atoms with Gasteiger partial charge in [-0.3, -0.25) is 9.89 Å². The van der Waals surface area contributed by atoms with Crippen LogP contribution in [0.2, 0.25) is 0 Å². The third-order valence-corrected chi connectivity index (χ3v) is 3.13. The zero-order chi connectivity index (χ0) is 14.6. The van der Waals surface area contributed by atoms with Gasteiger partial charge in [-0.15, -0.1) is 0 Å². The first-order chi connectivity index (χ1) is 8.82. The van der Waals surface area contributed by atoms with Crippen LogP contribution in [0.3, 0.4) is 0 Å². The Morgan fingerprint density at radius 1 is 1.37 bits per heavy atom. The smallest absolute Gasteiger partial charge is 0.326 e. The van der Waals surface area contributed by atoms with Crippen LogP contribution in [0, 0.1) is 19.8 Å². The van der Waals surface area contributed by atoms with Crippen LogP contribution < -0.4 is 5.32 Å². The third kappa shape index (κ3) is 4.08. The number of rotatable bonds is 6. The van der Waals surface area contributed by atoms with E-state index in [1.165, 1.54) is 0 Å². The molecule has 1 amide bonds. The van der Waals surface area contributed by atoms with Gasteiger partial charge in [0.1, 0.15) is 6.04 Å². The van der Waals surface area contributed by atoms with Gasteiger partial charge in [0.05, 0.1) is 5.69 Å². The molecule has 1 aromatic heterocycles. The van der Waals surface area contributed by atoms with Gasteiger partial charge < -0.3 is 10.4 Å². The largest absolute Gasteiger partial charge is 0.480 e. The van der Waals surface area contributed by atoms with Gasteiger partial charge in [-0.1, -0.05) is 13.8 Å². The maximum absolute atomic E-state index is 11.8. The van der Waals surface area contributed by atoms with Crippen molar-refractivity contribution in [1.82, 2.24) is 15.5 Å². The van der Waals surface area contributed by atoms with Crippen LogP contribution in [-0.4, -0.2) is 33.2 Å². The van der Waals surface area contributed by atoms with E-state index in [0.29, 0.717) is 6.42 Å². The Kier molecular flexibility index (Phi) is 5.09. The summed E-state index contributed by atoms with van der Waals surface area (Å²) in [4.78, 5) is 22.8. The molecule has 0 bridgehead atoms. The second-order valence-electron chi connectivity index (χ2n) is 5.04. The highest BCUT2D eigenvalue weighted by Crippen LogP contribution is 2.12. The van der Waals surface area contributed by atoms with E-state index < -0.39 is 12.0 Å². The summed E-state index contributed by atoms with van der Waals surface area (Å²) in [6, 6.07) is -0.834. The molecule has 0 fully saturated rings. The van der Waals surface area contributed by atoms with E-state index in [0.717, 1.165) is 17.0 Å². The van der Waals surface area contributed by atoms with E-state index in [9.17, 15) is 9.59 Å². The summed E-state index contributed by atoms with van der Waals surface area (Å²) in [5.74, 6) is -1.39. The molecule has 1 aromatic rings. The lowest BCUT2D eigenvalue weighted by Gasteiger charge is -2.17. The molecule has 0 aromatic carbocycles. The van der Waals surface area contributed by atoms with E-state index in [1.54, 1.807) is 13.8 Å². The lowest BCUT2D eigenvalue weighted by atomic mass is 10.0. The van der Waals surface area contributed by atoms with Crippen molar-refractivity contribution in [3.63, 3.8) is 0 Å². The van der Waals surface area contributed by atoms with Crippen molar-refractivity contribution in [2.24, 2.45) is 5.92 Å². The number of carboxylic acid groups (broad SMARTS) is 1. The maximum Gasteiger partial charge on any atom is 0.326 e. The summed E-state index contributed by atoms with van der Waals surface area (Å²) in [6.07, 6.45) is 0.822. The zero-order valence-corrected chi connectivity index (χ0v) is 11.8. The Bertz CT molecular complexity index is 446. The topological polar surface area (TPSA) is 95.1 Å². The van der Waals surface area contributed by atoms with Gasteiger partial charge in [0.15, 0.2) is 0 Å². The van der Waals surface area contributed by atoms with Crippen molar-refractivity contribution in [2.45, 2.75) is 46.6 Å². The monoisotopic (exact) mass is 267 g/mol. The molecule has 0 aliphatic rings. The number of hydrogen-bond donors (Lipinski definition) is 3. The number of aliphatic carboxylic acids is 1. The predicted molar refractivity (Wildman–Crippen MR) is 70.8 cm³/mol. The highest BCUT2D eigenvalue weighted by atomic mass is 16.4. The molecule has 6 nitrogen and oxygen atoms in total. The van der Waals surface area contributed by atoms with E-state index in [1.807, 2.05) is 13.8 Å². The van der Waals surface area contributed by atoms with Crippen molar-refractivity contribution < 1.29 is 14.7 Å². The fraction of sp³-hybridized carbons (Fsp3) is 0.615. The number of aryl methyl sites for hydroxylation is 2. The molecule has 0 spiro atoms. The standard InChI is InChI=1S/C13H21N3O3/c1-7(2)12(13(18)19)14-11(17)6-5-10-8(3)15-16-9(10)4/h7,12H,5-6H2,1-4H3,(H,14,17)(H,15,16)(H,18,19)/t12-/m0/s1. The number of H-pyrrole nitrogens is 1. The number of amides is 1. The fourth-order valence-corrected chi connectivity index (χ4v) is 1.94. The Labute approximate surface area is 112 Å². The summed E-state index contributed by atoms with van der Waals surface area (Å²) < 4.78 is 0. The van der Waals surface area contributed by atoms with Crippen LogP contribution in [0.15, 0.2) is 0 Å². The number of carboxylic acids is 1. The molecule has 0 aliphatic heterocycles. The van der Waals surface area contributed by atoms with E-state index in [4.69, 9.17) is 5.11 Å². The third-order valence-electron chi connectivity index (χ3n) is 3.13. The van der Waals surface area contributed by atoms with Gasteiger partial charge >= 0.3 is 5.97 Å².